The molecule has 6 aromatic heterocycles. The van der Waals surface area contributed by atoms with Gasteiger partial charge in [0.25, 0.3) is 0 Å². The fourth-order valence-corrected chi connectivity index (χ4v) is 17.9. The molecule has 12 heteroatoms. The first-order valence-electron chi connectivity index (χ1n) is 44.3. The van der Waals surface area contributed by atoms with Crippen molar-refractivity contribution >= 4 is 189 Å². The van der Waals surface area contributed by atoms with Gasteiger partial charge in [-0.1, -0.05) is 294 Å². The van der Waals surface area contributed by atoms with Gasteiger partial charge >= 0.3 is 29.6 Å². The van der Waals surface area contributed by atoms with E-state index >= 15 is 0 Å². The molecule has 17 aromatic carbocycles. The second kappa shape index (κ2) is 34.8. The standard InChI is InChI=1S/C68H54N2O3.C24H10Cl2O3.C23H24.C4H9O.Na/c1-67(2,3)47-21-29-51(30-22-47)69(49-25-17-45(18-26-49)43-13-9-7-10-14-43)53-33-35-55-57-39-65-59(41-63(57)71-61(55)37-53)60-42-64-58(40-66(60)73-65)56-36-34-54(38-62(56)72-64)70(52-31-23-48(24-32-52)68(4,5)6)50-27-19-46(20-28-50)44-15-11-8-12-16-44;25-11-1-3-13-15-7-23-17(9-21(15)27-19(13)5-11)18-10-22-16(8-24(18)29-23)14-4-2-12(26)6-20(14)28-22;1-23(2,3)22-15-11-19(12-16-22)17-18-9-13-21(14-10-18)20-7-5-4-6-8-20;1-4(2,3)5;/h7-42H,1-6H3;1-10H;4-16H,17H2,1-3H3;1-3H3;/q;;;-1;+1. The summed E-state index contributed by atoms with van der Waals surface area (Å²) in [6.45, 7) is 25.2. The van der Waals surface area contributed by atoms with E-state index in [0.717, 1.165) is 172 Å². The summed E-state index contributed by atoms with van der Waals surface area (Å²) in [5.74, 6) is 0. The first-order valence-corrected chi connectivity index (χ1v) is 45.1. The molecular weight excluding hydrogens is 1660 g/mol. The molecule has 0 radical (unpaired) electrons. The van der Waals surface area contributed by atoms with Gasteiger partial charge in [0, 0.05) is 133 Å². The predicted octanol–water partition coefficient (Wildman–Crippen LogP) is 32.3. The van der Waals surface area contributed by atoms with Crippen LogP contribution in [-0.2, 0) is 22.7 Å². The average molecular weight is 1760 g/mol. The summed E-state index contributed by atoms with van der Waals surface area (Å²) in [5, 5.41) is 23.5. The Morgan fingerprint density at radius 2 is 0.405 bits per heavy atom. The SMILES string of the molecule is CC(C)(C)[O-].CC(C)(C)c1ccc(Cc2ccc(-c3ccccc3)cc2)cc1.CC(C)(C)c1ccc(N(c2ccc(-c3ccccc3)cc2)c2ccc3c(c2)oc2cc4c(cc23)oc2cc3c(cc24)oc2cc(N(c4ccc(-c5ccccc5)cc4)c4ccc(C(C)(C)C)cc4)ccc23)cc1.Clc1ccc2c(c1)oc1cc3c(cc12)oc1cc2c(cc13)oc1cc(Cl)ccc12.[Na+]. The van der Waals surface area contributed by atoms with Gasteiger partial charge in [-0.05, 0) is 229 Å². The van der Waals surface area contributed by atoms with E-state index in [2.05, 4.69) is 369 Å². The Bertz CT molecular complexity index is 7740. The number of furan rings is 6. The monoisotopic (exact) mass is 1760 g/mol. The number of rotatable bonds is 11. The third kappa shape index (κ3) is 17.9. The molecule has 0 N–H and O–H groups in total. The summed E-state index contributed by atoms with van der Waals surface area (Å²) < 4.78 is 38.6. The van der Waals surface area contributed by atoms with Crippen LogP contribution in [0, 0.1) is 0 Å². The molecule has 0 bridgehead atoms. The van der Waals surface area contributed by atoms with Gasteiger partial charge in [-0.2, -0.15) is 0 Å². The van der Waals surface area contributed by atoms with Crippen LogP contribution in [0.25, 0.3) is 165 Å². The van der Waals surface area contributed by atoms with Crippen LogP contribution in [0.5, 0.6) is 0 Å². The van der Waals surface area contributed by atoms with Crippen molar-refractivity contribution in [3.63, 3.8) is 0 Å². The van der Waals surface area contributed by atoms with Crippen molar-refractivity contribution in [1.82, 2.24) is 0 Å². The predicted molar refractivity (Wildman–Crippen MR) is 544 cm³/mol. The van der Waals surface area contributed by atoms with Crippen molar-refractivity contribution < 1.29 is 61.2 Å². The van der Waals surface area contributed by atoms with E-state index in [4.69, 9.17) is 49.7 Å². The van der Waals surface area contributed by atoms with Gasteiger partial charge in [0.05, 0.1) is 0 Å². The van der Waals surface area contributed by atoms with E-state index < -0.39 is 5.60 Å². The quantitative estimate of drug-likeness (QED) is 0.117. The second-order valence-electron chi connectivity index (χ2n) is 38.0. The van der Waals surface area contributed by atoms with Gasteiger partial charge in [-0.25, -0.2) is 0 Å². The zero-order chi connectivity index (χ0) is 89.6. The van der Waals surface area contributed by atoms with E-state index in [1.54, 1.807) is 20.8 Å². The average Bonchev–Trinajstić information content (AvgIpc) is 1.58. The van der Waals surface area contributed by atoms with Crippen molar-refractivity contribution in [3.05, 3.63) is 396 Å². The Morgan fingerprint density at radius 3 is 0.664 bits per heavy atom. The first-order chi connectivity index (χ1) is 62.5. The minimum Gasteiger partial charge on any atom is -0.850 e. The van der Waals surface area contributed by atoms with Gasteiger partial charge in [0.15, 0.2) is 0 Å². The summed E-state index contributed by atoms with van der Waals surface area (Å²) in [6.07, 6.45) is 0.986. The van der Waals surface area contributed by atoms with Gasteiger partial charge in [0.2, 0.25) is 0 Å². The summed E-state index contributed by atoms with van der Waals surface area (Å²) in [7, 11) is 0. The van der Waals surface area contributed by atoms with E-state index in [1.807, 2.05) is 60.7 Å². The maximum absolute atomic E-state index is 10.1. The topological polar surface area (TPSA) is 108 Å². The van der Waals surface area contributed by atoms with E-state index in [-0.39, 0.29) is 45.8 Å². The summed E-state index contributed by atoms with van der Waals surface area (Å²) in [5.41, 5.74) is 29.4. The number of hydrogen-bond donors (Lipinski definition) is 0. The smallest absolute Gasteiger partial charge is 0.850 e. The first kappa shape index (κ1) is 87.0. The van der Waals surface area contributed by atoms with Crippen LogP contribution < -0.4 is 44.5 Å². The third-order valence-corrected chi connectivity index (χ3v) is 24.9. The van der Waals surface area contributed by atoms with Gasteiger partial charge in [0.1, 0.15) is 67.0 Å². The van der Waals surface area contributed by atoms with Crippen LogP contribution in [0.1, 0.15) is 111 Å². The molecule has 131 heavy (non-hydrogen) atoms. The fraction of sp³-hybridized carbons (Fsp3) is 0.143. The molecule has 0 unspecified atom stereocenters. The normalized spacial score (nSPS) is 12.1. The number of benzene rings is 17. The van der Waals surface area contributed by atoms with Crippen molar-refractivity contribution in [3.8, 4) is 33.4 Å². The van der Waals surface area contributed by atoms with Crippen molar-refractivity contribution in [2.45, 2.75) is 111 Å². The van der Waals surface area contributed by atoms with Crippen LogP contribution in [0.15, 0.2) is 384 Å². The molecule has 0 fully saturated rings. The molecule has 6 heterocycles. The third-order valence-electron chi connectivity index (χ3n) is 24.5. The van der Waals surface area contributed by atoms with Crippen molar-refractivity contribution in [2.24, 2.45) is 0 Å². The van der Waals surface area contributed by atoms with E-state index in [1.165, 1.54) is 61.2 Å². The zero-order valence-electron chi connectivity index (χ0n) is 75.8. The number of hydrogen-bond acceptors (Lipinski definition) is 9. The number of nitrogens with zero attached hydrogens (tertiary/aromatic N) is 2. The molecule has 0 saturated carbocycles. The molecular formula is C119H97Cl2N2NaO7. The maximum atomic E-state index is 10.1. The maximum Gasteiger partial charge on any atom is 1.00 e. The van der Waals surface area contributed by atoms with Crippen molar-refractivity contribution in [1.29, 1.82) is 0 Å². The van der Waals surface area contributed by atoms with Gasteiger partial charge in [-0.3, -0.25) is 0 Å². The van der Waals surface area contributed by atoms with Gasteiger partial charge < -0.3 is 41.4 Å². The van der Waals surface area contributed by atoms with Crippen LogP contribution in [0.4, 0.5) is 34.1 Å². The summed E-state index contributed by atoms with van der Waals surface area (Å²) in [4.78, 5) is 4.61. The molecule has 640 valence electrons. The fourth-order valence-electron chi connectivity index (χ4n) is 17.6. The molecule has 0 aliphatic heterocycles. The van der Waals surface area contributed by atoms with E-state index in [9.17, 15) is 5.11 Å². The second-order valence-corrected chi connectivity index (χ2v) is 38.9. The largest absolute Gasteiger partial charge is 1.00 e. The van der Waals surface area contributed by atoms with Crippen molar-refractivity contribution in [2.75, 3.05) is 9.80 Å². The Morgan fingerprint density at radius 1 is 0.214 bits per heavy atom. The number of halogens is 2. The molecule has 0 amide bonds. The number of anilines is 6. The number of fused-ring (bicyclic) bond motifs is 18. The minimum atomic E-state index is -0.750. The minimum absolute atomic E-state index is 0. The Labute approximate surface area is 794 Å². The molecule has 23 aromatic rings. The van der Waals surface area contributed by atoms with Crippen LogP contribution in [0.2, 0.25) is 10.0 Å². The Hall–Kier alpha value is -13.3. The molecule has 0 spiro atoms. The van der Waals surface area contributed by atoms with Crippen LogP contribution >= 0.6 is 23.2 Å². The van der Waals surface area contributed by atoms with Crippen LogP contribution in [-0.4, -0.2) is 5.60 Å². The molecule has 0 aliphatic carbocycles. The summed E-state index contributed by atoms with van der Waals surface area (Å²) >= 11 is 12.2. The van der Waals surface area contributed by atoms with Crippen LogP contribution in [0.3, 0.4) is 0 Å². The van der Waals surface area contributed by atoms with Gasteiger partial charge in [-0.15, -0.1) is 5.60 Å². The molecule has 0 aliphatic rings. The van der Waals surface area contributed by atoms with E-state index in [0.29, 0.717) is 10.0 Å². The molecule has 0 saturated heterocycles. The molecule has 9 nitrogen and oxygen atoms in total. The Balaban J connectivity index is 0.000000154. The molecule has 23 rings (SSSR count). The zero-order valence-corrected chi connectivity index (χ0v) is 79.3. The Kier molecular flexibility index (Phi) is 23.1. The molecule has 0 atom stereocenters. The summed E-state index contributed by atoms with van der Waals surface area (Å²) in [6, 6.07) is 126.